The van der Waals surface area contributed by atoms with Gasteiger partial charge in [0.25, 0.3) is 11.8 Å². The van der Waals surface area contributed by atoms with Crippen LogP contribution in [-0.2, 0) is 6.42 Å². The van der Waals surface area contributed by atoms with Crippen LogP contribution in [0.4, 0.5) is 0 Å². The average Bonchev–Trinajstić information content (AvgIpc) is 3.57. The summed E-state index contributed by atoms with van der Waals surface area (Å²) in [4.78, 5) is 50.4. The zero-order valence-corrected chi connectivity index (χ0v) is 20.4. The summed E-state index contributed by atoms with van der Waals surface area (Å²) in [6, 6.07) is 14.9. The number of H-pyrrole nitrogens is 1. The van der Waals surface area contributed by atoms with E-state index in [1.807, 2.05) is 35.2 Å². The normalized spacial score (nSPS) is 16.5. The van der Waals surface area contributed by atoms with Gasteiger partial charge in [-0.3, -0.25) is 14.4 Å². The molecule has 0 bridgehead atoms. The van der Waals surface area contributed by atoms with Crippen molar-refractivity contribution in [1.82, 2.24) is 19.8 Å². The van der Waals surface area contributed by atoms with Crippen LogP contribution in [0.1, 0.15) is 43.3 Å². The van der Waals surface area contributed by atoms with Crippen LogP contribution in [0, 0.1) is 0 Å². The van der Waals surface area contributed by atoms with Gasteiger partial charge < -0.3 is 14.8 Å². The van der Waals surface area contributed by atoms with E-state index >= 15 is 0 Å². The van der Waals surface area contributed by atoms with Gasteiger partial charge in [0.2, 0.25) is 5.56 Å². The highest BCUT2D eigenvalue weighted by Crippen LogP contribution is 2.38. The van der Waals surface area contributed by atoms with E-state index in [0.29, 0.717) is 31.7 Å². The number of amides is 2. The molecule has 8 heteroatoms. The Labute approximate surface area is 211 Å². The van der Waals surface area contributed by atoms with E-state index in [2.05, 4.69) is 22.5 Å². The minimum Gasteiger partial charge on any atom is -0.335 e. The van der Waals surface area contributed by atoms with E-state index in [0.717, 1.165) is 40.6 Å². The molecule has 1 N–H and O–H groups in total. The molecular formula is C28H24N4O3S. The summed E-state index contributed by atoms with van der Waals surface area (Å²) in [6.07, 6.45) is 5.28. The van der Waals surface area contributed by atoms with Crippen LogP contribution in [0.2, 0.25) is 0 Å². The Morgan fingerprint density at radius 2 is 1.69 bits per heavy atom. The minimum absolute atomic E-state index is 0.00152. The number of para-hydroxylation sites is 1. The summed E-state index contributed by atoms with van der Waals surface area (Å²) in [5, 5.41) is 2.94. The topological polar surface area (TPSA) is 86.4 Å². The van der Waals surface area contributed by atoms with E-state index in [1.165, 1.54) is 28.8 Å². The van der Waals surface area contributed by atoms with Crippen molar-refractivity contribution >= 4 is 45.7 Å². The number of rotatable bonds is 3. The molecule has 2 amide bonds. The lowest BCUT2D eigenvalue weighted by Gasteiger charge is -2.35. The Morgan fingerprint density at radius 3 is 2.42 bits per heavy atom. The molecule has 0 saturated carbocycles. The number of nitrogens with zero attached hydrogens (tertiary/aromatic N) is 3. The van der Waals surface area contributed by atoms with Gasteiger partial charge in [-0.2, -0.15) is 0 Å². The molecule has 6 rings (SSSR count). The number of fused-ring (bicyclic) bond motifs is 2. The van der Waals surface area contributed by atoms with Crippen LogP contribution >= 0.6 is 11.3 Å². The predicted octanol–water partition coefficient (Wildman–Crippen LogP) is 4.07. The fourth-order valence-electron chi connectivity index (χ4n) is 5.07. The zero-order valence-electron chi connectivity index (χ0n) is 19.6. The van der Waals surface area contributed by atoms with Crippen molar-refractivity contribution < 1.29 is 9.59 Å². The van der Waals surface area contributed by atoms with Crippen molar-refractivity contribution in [2.45, 2.75) is 12.8 Å². The summed E-state index contributed by atoms with van der Waals surface area (Å²) < 4.78 is 0. The highest BCUT2D eigenvalue weighted by Gasteiger charge is 2.31. The molecule has 7 nitrogen and oxygen atoms in total. The molecular weight excluding hydrogens is 472 g/mol. The Morgan fingerprint density at radius 1 is 0.917 bits per heavy atom. The molecule has 0 unspecified atom stereocenters. The summed E-state index contributed by atoms with van der Waals surface area (Å²) in [7, 11) is 0. The number of carbonyl (C=O) groups excluding carboxylic acids is 2. The van der Waals surface area contributed by atoms with Crippen molar-refractivity contribution in [1.29, 1.82) is 0 Å². The number of nitrogens with one attached hydrogen (secondary N) is 1. The second-order valence-electron chi connectivity index (χ2n) is 9.04. The van der Waals surface area contributed by atoms with E-state index in [4.69, 9.17) is 4.98 Å². The maximum absolute atomic E-state index is 13.9. The number of hydrogen-bond acceptors (Lipinski definition) is 5. The second-order valence-corrected chi connectivity index (χ2v) is 10.0. The van der Waals surface area contributed by atoms with Crippen LogP contribution in [0.3, 0.4) is 0 Å². The fourth-order valence-corrected chi connectivity index (χ4v) is 5.75. The van der Waals surface area contributed by atoms with Crippen molar-refractivity contribution in [3.63, 3.8) is 0 Å². The molecule has 1 aromatic carbocycles. The molecule has 1 aliphatic carbocycles. The van der Waals surface area contributed by atoms with Gasteiger partial charge in [-0.1, -0.05) is 24.3 Å². The lowest BCUT2D eigenvalue weighted by Crippen LogP contribution is -2.50. The molecule has 0 atom stereocenters. The number of aromatic amines is 1. The van der Waals surface area contributed by atoms with E-state index in [9.17, 15) is 14.4 Å². The van der Waals surface area contributed by atoms with Gasteiger partial charge in [-0.05, 0) is 53.6 Å². The Hall–Kier alpha value is -4.04. The average molecular weight is 497 g/mol. The van der Waals surface area contributed by atoms with Crippen molar-refractivity contribution in [3.05, 3.63) is 97.7 Å². The number of piperazine rings is 1. The first-order valence-corrected chi connectivity index (χ1v) is 12.9. The summed E-state index contributed by atoms with van der Waals surface area (Å²) in [5.74, 6) is -0.143. The molecule has 3 aromatic heterocycles. The number of thiophene rings is 1. The van der Waals surface area contributed by atoms with Crippen LogP contribution < -0.4 is 5.56 Å². The van der Waals surface area contributed by atoms with Gasteiger partial charge in [0.15, 0.2) is 0 Å². The van der Waals surface area contributed by atoms with Gasteiger partial charge in [0, 0.05) is 48.7 Å². The molecule has 1 aliphatic heterocycles. The first-order chi connectivity index (χ1) is 17.6. The molecule has 36 heavy (non-hydrogen) atoms. The summed E-state index contributed by atoms with van der Waals surface area (Å²) >= 11 is 1.69. The molecule has 1 saturated heterocycles. The lowest BCUT2D eigenvalue weighted by atomic mass is 9.99. The Balaban J connectivity index is 1.29. The SMILES string of the molecule is O=C(c1ccc(=O)[nH]c1)N1CCN(C(=O)c2c3c(nc4ccccc24)/C(=C\c2cccs2)CC3)CC1. The maximum atomic E-state index is 13.9. The van der Waals surface area contributed by atoms with Gasteiger partial charge >= 0.3 is 0 Å². The van der Waals surface area contributed by atoms with Crippen LogP contribution in [-0.4, -0.2) is 57.8 Å². The second kappa shape index (κ2) is 9.20. The number of carbonyl (C=O) groups is 2. The highest BCUT2D eigenvalue weighted by atomic mass is 32.1. The highest BCUT2D eigenvalue weighted by molar-refractivity contribution is 7.10. The quantitative estimate of drug-likeness (QED) is 0.463. The molecule has 4 aromatic rings. The van der Waals surface area contributed by atoms with Gasteiger partial charge in [-0.25, -0.2) is 4.98 Å². The monoisotopic (exact) mass is 496 g/mol. The van der Waals surface area contributed by atoms with Gasteiger partial charge in [0.05, 0.1) is 22.3 Å². The lowest BCUT2D eigenvalue weighted by molar-refractivity contribution is 0.0535. The third kappa shape index (κ3) is 4.03. The van der Waals surface area contributed by atoms with E-state index < -0.39 is 0 Å². The molecule has 0 radical (unpaired) electrons. The summed E-state index contributed by atoms with van der Waals surface area (Å²) in [6.45, 7) is 1.80. The Bertz CT molecular complexity index is 1540. The van der Waals surface area contributed by atoms with Gasteiger partial charge in [-0.15, -0.1) is 11.3 Å². The van der Waals surface area contributed by atoms with E-state index in [1.54, 1.807) is 16.2 Å². The van der Waals surface area contributed by atoms with Gasteiger partial charge in [0.1, 0.15) is 0 Å². The number of pyridine rings is 2. The van der Waals surface area contributed by atoms with Crippen molar-refractivity contribution in [3.8, 4) is 0 Å². The molecule has 4 heterocycles. The smallest absolute Gasteiger partial charge is 0.255 e. The van der Waals surface area contributed by atoms with E-state index in [-0.39, 0.29) is 17.4 Å². The molecule has 180 valence electrons. The predicted molar refractivity (Wildman–Crippen MR) is 141 cm³/mol. The Kier molecular flexibility index (Phi) is 5.73. The first-order valence-electron chi connectivity index (χ1n) is 12.0. The fraction of sp³-hybridized carbons (Fsp3) is 0.214. The summed E-state index contributed by atoms with van der Waals surface area (Å²) in [5.41, 5.74) is 4.88. The van der Waals surface area contributed by atoms with Crippen LogP contribution in [0.5, 0.6) is 0 Å². The van der Waals surface area contributed by atoms with Crippen LogP contribution in [0.15, 0.2) is 64.9 Å². The number of allylic oxidation sites excluding steroid dienone is 1. The maximum Gasteiger partial charge on any atom is 0.255 e. The number of benzene rings is 1. The number of hydrogen-bond donors (Lipinski definition) is 1. The zero-order chi connectivity index (χ0) is 24.6. The first kappa shape index (κ1) is 22.4. The third-order valence-electron chi connectivity index (χ3n) is 6.90. The standard InChI is InChI=1S/C28H24N4O3S/c33-24-10-8-19(17-29-24)27(34)31-11-13-32(14-12-31)28(35)25-21-5-1-2-6-23(21)30-26-18(7-9-22(25)26)16-20-4-3-15-36-20/h1-6,8,10,15-17H,7,9,11-14H2,(H,29,33)/b18-16-. The number of aromatic nitrogens is 2. The third-order valence-corrected chi connectivity index (χ3v) is 7.72. The van der Waals surface area contributed by atoms with Crippen molar-refractivity contribution in [2.75, 3.05) is 26.2 Å². The largest absolute Gasteiger partial charge is 0.335 e. The van der Waals surface area contributed by atoms with Crippen LogP contribution in [0.25, 0.3) is 22.6 Å². The van der Waals surface area contributed by atoms with Crippen molar-refractivity contribution in [2.24, 2.45) is 0 Å². The molecule has 1 fully saturated rings. The molecule has 2 aliphatic rings. The minimum atomic E-state index is -0.243. The molecule has 0 spiro atoms.